The van der Waals surface area contributed by atoms with E-state index >= 15 is 0 Å². The van der Waals surface area contributed by atoms with E-state index in [-0.39, 0.29) is 0 Å². The minimum atomic E-state index is 0.392. The Morgan fingerprint density at radius 3 is 2.45 bits per heavy atom. The second-order valence-corrected chi connectivity index (χ2v) is 5.50. The number of hydrogen-bond acceptors (Lipinski definition) is 5. The van der Waals surface area contributed by atoms with Crippen molar-refractivity contribution < 1.29 is 9.47 Å². The van der Waals surface area contributed by atoms with Gasteiger partial charge in [0.2, 0.25) is 0 Å². The first-order valence-corrected chi connectivity index (χ1v) is 7.32. The van der Waals surface area contributed by atoms with Gasteiger partial charge in [-0.1, -0.05) is 0 Å². The molecule has 1 aromatic carbocycles. The third-order valence-corrected chi connectivity index (χ3v) is 4.00. The van der Waals surface area contributed by atoms with E-state index in [1.165, 1.54) is 11.4 Å². The van der Waals surface area contributed by atoms with Gasteiger partial charge in [-0.15, -0.1) is 0 Å². The summed E-state index contributed by atoms with van der Waals surface area (Å²) in [7, 11) is 0. The second kappa shape index (κ2) is 5.89. The van der Waals surface area contributed by atoms with E-state index < -0.39 is 0 Å². The van der Waals surface area contributed by atoms with Gasteiger partial charge in [-0.05, 0) is 25.1 Å². The number of nitrogen functional groups attached to an aromatic ring is 1. The van der Waals surface area contributed by atoms with Crippen molar-refractivity contribution in [2.24, 2.45) is 0 Å². The first-order chi connectivity index (χ1) is 9.74. The van der Waals surface area contributed by atoms with Crippen molar-refractivity contribution in [3.05, 3.63) is 18.2 Å². The highest BCUT2D eigenvalue weighted by atomic mass is 16.5. The van der Waals surface area contributed by atoms with E-state index in [0.717, 1.165) is 51.7 Å². The van der Waals surface area contributed by atoms with Gasteiger partial charge in [-0.2, -0.15) is 0 Å². The van der Waals surface area contributed by atoms with E-state index in [2.05, 4.69) is 34.9 Å². The molecule has 0 spiro atoms. The predicted molar refractivity (Wildman–Crippen MR) is 81.5 cm³/mol. The highest BCUT2D eigenvalue weighted by molar-refractivity contribution is 5.68. The number of ether oxygens (including phenoxy) is 2. The molecule has 2 saturated heterocycles. The van der Waals surface area contributed by atoms with E-state index in [9.17, 15) is 0 Å². The van der Waals surface area contributed by atoms with Crippen LogP contribution in [-0.2, 0) is 9.47 Å². The third kappa shape index (κ3) is 2.83. The van der Waals surface area contributed by atoms with Crippen molar-refractivity contribution in [3.8, 4) is 0 Å². The summed E-state index contributed by atoms with van der Waals surface area (Å²) < 4.78 is 10.9. The van der Waals surface area contributed by atoms with E-state index in [1.807, 2.05) is 0 Å². The average Bonchev–Trinajstić information content (AvgIpc) is 2.48. The maximum Gasteiger partial charge on any atom is 0.0668 e. The highest BCUT2D eigenvalue weighted by Gasteiger charge is 2.21. The maximum absolute atomic E-state index is 6.10. The summed E-state index contributed by atoms with van der Waals surface area (Å²) in [6, 6.07) is 6.75. The van der Waals surface area contributed by atoms with Crippen LogP contribution in [0.1, 0.15) is 6.92 Å². The lowest BCUT2D eigenvalue weighted by Gasteiger charge is -2.36. The van der Waals surface area contributed by atoms with Crippen LogP contribution in [0, 0.1) is 0 Å². The SMILES string of the molecule is C[C@H]1COCCN1c1cc(N)cc(N2CCOCC2)c1. The van der Waals surface area contributed by atoms with Crippen molar-refractivity contribution in [3.63, 3.8) is 0 Å². The molecular formula is C15H23N3O2. The zero-order valence-electron chi connectivity index (χ0n) is 12.0. The Balaban J connectivity index is 1.85. The van der Waals surface area contributed by atoms with Crippen molar-refractivity contribution in [1.82, 2.24) is 0 Å². The lowest BCUT2D eigenvalue weighted by molar-refractivity contribution is 0.0989. The molecule has 1 atom stereocenters. The van der Waals surface area contributed by atoms with Gasteiger partial charge >= 0.3 is 0 Å². The molecule has 2 heterocycles. The van der Waals surface area contributed by atoms with Crippen molar-refractivity contribution in [1.29, 1.82) is 0 Å². The van der Waals surface area contributed by atoms with Crippen LogP contribution in [0.15, 0.2) is 18.2 Å². The molecule has 0 aliphatic carbocycles. The van der Waals surface area contributed by atoms with Crippen LogP contribution >= 0.6 is 0 Å². The smallest absolute Gasteiger partial charge is 0.0668 e. The molecule has 1 aromatic rings. The normalized spacial score (nSPS) is 23.9. The van der Waals surface area contributed by atoms with Crippen LogP contribution in [0.5, 0.6) is 0 Å². The quantitative estimate of drug-likeness (QED) is 0.827. The van der Waals surface area contributed by atoms with Gasteiger partial charge in [-0.25, -0.2) is 0 Å². The largest absolute Gasteiger partial charge is 0.399 e. The molecule has 2 aliphatic heterocycles. The molecule has 0 saturated carbocycles. The molecule has 2 aliphatic rings. The zero-order chi connectivity index (χ0) is 13.9. The fraction of sp³-hybridized carbons (Fsp3) is 0.600. The van der Waals surface area contributed by atoms with E-state index in [4.69, 9.17) is 15.2 Å². The number of nitrogens with two attached hydrogens (primary N) is 1. The minimum Gasteiger partial charge on any atom is -0.399 e. The van der Waals surface area contributed by atoms with Gasteiger partial charge in [0.1, 0.15) is 0 Å². The Bertz CT molecular complexity index is 460. The number of benzene rings is 1. The molecule has 0 bridgehead atoms. The molecule has 2 fully saturated rings. The molecule has 0 amide bonds. The van der Waals surface area contributed by atoms with Gasteiger partial charge in [0.15, 0.2) is 0 Å². The summed E-state index contributed by atoms with van der Waals surface area (Å²) in [5, 5.41) is 0. The van der Waals surface area contributed by atoms with Gasteiger partial charge in [0.25, 0.3) is 0 Å². The van der Waals surface area contributed by atoms with Crippen LogP contribution in [0.3, 0.4) is 0 Å². The van der Waals surface area contributed by atoms with Crippen LogP contribution in [0.2, 0.25) is 0 Å². The molecular weight excluding hydrogens is 254 g/mol. The van der Waals surface area contributed by atoms with Crippen LogP contribution in [-0.4, -0.2) is 52.1 Å². The summed E-state index contributed by atoms with van der Waals surface area (Å²) in [4.78, 5) is 4.72. The molecule has 0 unspecified atom stereocenters. The number of hydrogen-bond donors (Lipinski definition) is 1. The molecule has 0 radical (unpaired) electrons. The lowest BCUT2D eigenvalue weighted by Crippen LogP contribution is -2.44. The topological polar surface area (TPSA) is 51.0 Å². The first kappa shape index (κ1) is 13.5. The maximum atomic E-state index is 6.10. The fourth-order valence-electron chi connectivity index (χ4n) is 2.90. The third-order valence-electron chi connectivity index (χ3n) is 4.00. The van der Waals surface area contributed by atoms with Gasteiger partial charge in [-0.3, -0.25) is 0 Å². The molecule has 5 heteroatoms. The Morgan fingerprint density at radius 1 is 1.00 bits per heavy atom. The number of morpholine rings is 2. The number of anilines is 3. The Kier molecular flexibility index (Phi) is 3.98. The monoisotopic (exact) mass is 277 g/mol. The zero-order valence-corrected chi connectivity index (χ0v) is 12.0. The summed E-state index contributed by atoms with van der Waals surface area (Å²) in [6.07, 6.45) is 0. The molecule has 20 heavy (non-hydrogen) atoms. The number of rotatable bonds is 2. The molecule has 110 valence electrons. The lowest BCUT2D eigenvalue weighted by atomic mass is 10.1. The van der Waals surface area contributed by atoms with Gasteiger partial charge < -0.3 is 25.0 Å². The summed E-state index contributed by atoms with van der Waals surface area (Å²) >= 11 is 0. The van der Waals surface area contributed by atoms with Crippen molar-refractivity contribution in [2.45, 2.75) is 13.0 Å². The Morgan fingerprint density at radius 2 is 1.70 bits per heavy atom. The Hall–Kier alpha value is -1.46. The highest BCUT2D eigenvalue weighted by Crippen LogP contribution is 2.29. The summed E-state index contributed by atoms with van der Waals surface area (Å²) in [6.45, 7) is 8.12. The second-order valence-electron chi connectivity index (χ2n) is 5.50. The molecule has 0 aromatic heterocycles. The van der Waals surface area contributed by atoms with E-state index in [0.29, 0.717) is 6.04 Å². The van der Waals surface area contributed by atoms with Crippen LogP contribution in [0.4, 0.5) is 17.1 Å². The average molecular weight is 277 g/mol. The summed E-state index contributed by atoms with van der Waals surface area (Å²) in [5.41, 5.74) is 9.32. The van der Waals surface area contributed by atoms with Crippen molar-refractivity contribution >= 4 is 17.1 Å². The first-order valence-electron chi connectivity index (χ1n) is 7.32. The van der Waals surface area contributed by atoms with E-state index in [1.54, 1.807) is 0 Å². The molecule has 3 rings (SSSR count). The predicted octanol–water partition coefficient (Wildman–Crippen LogP) is 1.33. The summed E-state index contributed by atoms with van der Waals surface area (Å²) in [5.74, 6) is 0. The van der Waals surface area contributed by atoms with Crippen LogP contribution < -0.4 is 15.5 Å². The number of nitrogens with zero attached hydrogens (tertiary/aromatic N) is 2. The fourth-order valence-corrected chi connectivity index (χ4v) is 2.90. The van der Waals surface area contributed by atoms with Gasteiger partial charge in [0, 0.05) is 42.7 Å². The van der Waals surface area contributed by atoms with Gasteiger partial charge in [0.05, 0.1) is 26.4 Å². The standard InChI is InChI=1S/C15H23N3O2/c1-12-11-20-7-4-18(12)15-9-13(16)8-14(10-15)17-2-5-19-6-3-17/h8-10,12H,2-7,11,16H2,1H3/t12-/m0/s1. The molecule has 2 N–H and O–H groups in total. The minimum absolute atomic E-state index is 0.392. The van der Waals surface area contributed by atoms with Crippen molar-refractivity contribution in [2.75, 3.05) is 61.6 Å². The Labute approximate surface area is 120 Å². The molecule has 5 nitrogen and oxygen atoms in total. The van der Waals surface area contributed by atoms with Crippen LogP contribution in [0.25, 0.3) is 0 Å².